The number of phenols is 1. The number of carboxylic acid groups (broad SMARTS) is 1. The van der Waals surface area contributed by atoms with Gasteiger partial charge in [-0.2, -0.15) is 0 Å². The zero-order valence-corrected chi connectivity index (χ0v) is 14.8. The van der Waals surface area contributed by atoms with Gasteiger partial charge in [0.2, 0.25) is 0 Å². The minimum Gasteiger partial charge on any atom is -0.545 e. The van der Waals surface area contributed by atoms with E-state index < -0.39 is 5.97 Å². The van der Waals surface area contributed by atoms with Crippen molar-refractivity contribution >= 4 is 44.8 Å². The van der Waals surface area contributed by atoms with Gasteiger partial charge in [-0.15, -0.1) is 0 Å². The van der Waals surface area contributed by atoms with Gasteiger partial charge in [0.05, 0.1) is 11.5 Å². The van der Waals surface area contributed by atoms with Gasteiger partial charge < -0.3 is 20.0 Å². The number of H-pyrrole nitrogens is 1. The predicted molar refractivity (Wildman–Crippen MR) is 84.7 cm³/mol. The van der Waals surface area contributed by atoms with Crippen LogP contribution in [0.15, 0.2) is 42.5 Å². The maximum Gasteiger partial charge on any atom is 1.00 e. The number of aromatic amines is 1. The number of aromatic carboxylic acids is 1. The van der Waals surface area contributed by atoms with Gasteiger partial charge in [-0.1, -0.05) is 18.2 Å². The van der Waals surface area contributed by atoms with Crippen LogP contribution < -0.4 is 34.7 Å². The molecule has 24 heavy (non-hydrogen) atoms. The van der Waals surface area contributed by atoms with E-state index in [1.54, 1.807) is 6.07 Å². The smallest absolute Gasteiger partial charge is 0.545 e. The van der Waals surface area contributed by atoms with Crippen LogP contribution in [0.5, 0.6) is 5.75 Å². The molecule has 0 spiro atoms. The number of aldehydes is 1. The first-order valence-corrected chi connectivity index (χ1v) is 6.97. The molecule has 112 valence electrons. The minimum atomic E-state index is -1.49. The van der Waals surface area contributed by atoms with E-state index in [-0.39, 0.29) is 40.9 Å². The van der Waals surface area contributed by atoms with Crippen LogP contribution in [-0.2, 0) is 0 Å². The fourth-order valence-corrected chi connectivity index (χ4v) is 3.05. The minimum absolute atomic E-state index is 0. The second-order valence-electron chi connectivity index (χ2n) is 5.38. The third kappa shape index (κ3) is 2.29. The molecule has 0 amide bonds. The van der Waals surface area contributed by atoms with Gasteiger partial charge in [0.15, 0.2) is 6.29 Å². The molecule has 0 atom stereocenters. The van der Waals surface area contributed by atoms with Gasteiger partial charge in [0, 0.05) is 32.8 Å². The Labute approximate surface area is 158 Å². The largest absolute Gasteiger partial charge is 1.00 e. The third-order valence-corrected chi connectivity index (χ3v) is 4.11. The third-order valence-electron chi connectivity index (χ3n) is 4.11. The Bertz CT molecular complexity index is 1130. The monoisotopic (exact) mass is 327 g/mol. The van der Waals surface area contributed by atoms with Crippen LogP contribution in [-0.4, -0.2) is 22.3 Å². The Kier molecular flexibility index (Phi) is 4.09. The van der Waals surface area contributed by atoms with Crippen LogP contribution in [0, 0.1) is 0 Å². The Balaban J connectivity index is 0.00000169. The summed E-state index contributed by atoms with van der Waals surface area (Å²) in [5.74, 6) is -1.88. The van der Waals surface area contributed by atoms with Crippen molar-refractivity contribution in [1.29, 1.82) is 0 Å². The molecule has 5 nitrogen and oxygen atoms in total. The average Bonchev–Trinajstić information content (AvgIpc) is 2.92. The van der Waals surface area contributed by atoms with E-state index >= 15 is 0 Å². The molecule has 0 saturated heterocycles. The molecule has 0 aliphatic carbocycles. The first-order chi connectivity index (χ1) is 11.1. The summed E-state index contributed by atoms with van der Waals surface area (Å²) in [7, 11) is 0. The molecule has 1 heterocycles. The number of aromatic nitrogens is 1. The second-order valence-corrected chi connectivity index (χ2v) is 5.38. The SMILES string of the molecule is O=Cc1cc2c3ccccc3[nH]c2c2cc(O)c(C(=O)[O-])cc12.[Na+]. The molecule has 0 fully saturated rings. The molecule has 0 bridgehead atoms. The molecule has 2 N–H and O–H groups in total. The van der Waals surface area contributed by atoms with Crippen molar-refractivity contribution in [2.24, 2.45) is 0 Å². The molecule has 0 radical (unpaired) electrons. The van der Waals surface area contributed by atoms with Crippen molar-refractivity contribution in [2.45, 2.75) is 0 Å². The first kappa shape index (κ1) is 16.5. The Morgan fingerprint density at radius 1 is 1.04 bits per heavy atom. The van der Waals surface area contributed by atoms with Gasteiger partial charge in [0.1, 0.15) is 5.75 Å². The maximum absolute atomic E-state index is 11.5. The fraction of sp³-hybridized carbons (Fsp3) is 0. The number of carbonyl (C=O) groups excluding carboxylic acids is 2. The Morgan fingerprint density at radius 2 is 1.75 bits per heavy atom. The van der Waals surface area contributed by atoms with Crippen LogP contribution in [0.25, 0.3) is 32.6 Å². The van der Waals surface area contributed by atoms with Crippen LogP contribution in [0.3, 0.4) is 0 Å². The summed E-state index contributed by atoms with van der Waals surface area (Å²) in [4.78, 5) is 25.8. The quantitative estimate of drug-likeness (QED) is 0.378. The van der Waals surface area contributed by atoms with E-state index in [0.717, 1.165) is 21.8 Å². The molecular formula is C18H10NNaO4. The van der Waals surface area contributed by atoms with Crippen molar-refractivity contribution in [3.05, 3.63) is 53.6 Å². The number of hydrogen-bond donors (Lipinski definition) is 2. The van der Waals surface area contributed by atoms with Crippen LogP contribution in [0.1, 0.15) is 20.7 Å². The van der Waals surface area contributed by atoms with Crippen molar-refractivity contribution < 1.29 is 49.4 Å². The number of carbonyl (C=O) groups is 2. The number of nitrogens with one attached hydrogen (secondary N) is 1. The fourth-order valence-electron chi connectivity index (χ4n) is 3.05. The number of benzene rings is 3. The van der Waals surface area contributed by atoms with Gasteiger partial charge in [-0.3, -0.25) is 4.79 Å². The van der Waals surface area contributed by atoms with E-state index in [1.165, 1.54) is 12.1 Å². The Hall–Kier alpha value is -2.34. The molecular weight excluding hydrogens is 317 g/mol. The normalized spacial score (nSPS) is 10.8. The van der Waals surface area contributed by atoms with Gasteiger partial charge in [0.25, 0.3) is 0 Å². The van der Waals surface area contributed by atoms with Crippen molar-refractivity contribution in [1.82, 2.24) is 4.98 Å². The van der Waals surface area contributed by atoms with Crippen LogP contribution in [0.2, 0.25) is 0 Å². The number of fused-ring (bicyclic) bond motifs is 5. The molecule has 1 aromatic heterocycles. The van der Waals surface area contributed by atoms with Gasteiger partial charge in [-0.05, 0) is 29.7 Å². The average molecular weight is 327 g/mol. The summed E-state index contributed by atoms with van der Waals surface area (Å²) in [6.07, 6.45) is 0.680. The van der Waals surface area contributed by atoms with E-state index in [2.05, 4.69) is 4.98 Å². The molecule has 0 aliphatic heterocycles. The number of rotatable bonds is 2. The zero-order chi connectivity index (χ0) is 16.1. The predicted octanol–water partition coefficient (Wildman–Crippen LogP) is -0.640. The van der Waals surface area contributed by atoms with E-state index in [0.29, 0.717) is 22.6 Å². The first-order valence-electron chi connectivity index (χ1n) is 6.97. The maximum atomic E-state index is 11.5. The summed E-state index contributed by atoms with van der Waals surface area (Å²) in [5, 5.41) is 23.9. The summed E-state index contributed by atoms with van der Waals surface area (Å²) in [6.45, 7) is 0. The molecule has 6 heteroatoms. The molecule has 0 saturated carbocycles. The van der Waals surface area contributed by atoms with Crippen molar-refractivity contribution in [2.75, 3.05) is 0 Å². The van der Waals surface area contributed by atoms with E-state index in [4.69, 9.17) is 0 Å². The zero-order valence-electron chi connectivity index (χ0n) is 12.8. The number of carboxylic acids is 1. The van der Waals surface area contributed by atoms with Crippen LogP contribution >= 0.6 is 0 Å². The molecule has 3 aromatic carbocycles. The standard InChI is InChI=1S/C18H11NO4.Na/c20-8-9-5-12-10-3-1-2-4-15(10)19-17(12)13-7-16(21)14(18(22)23)6-11(9)13;/h1-8,19,21H,(H,22,23);/q;+1/p-1. The summed E-state index contributed by atoms with van der Waals surface area (Å²) < 4.78 is 0. The van der Waals surface area contributed by atoms with Gasteiger partial charge >= 0.3 is 29.6 Å². The summed E-state index contributed by atoms with van der Waals surface area (Å²) >= 11 is 0. The van der Waals surface area contributed by atoms with Crippen molar-refractivity contribution in [3.63, 3.8) is 0 Å². The second kappa shape index (κ2) is 5.94. The Morgan fingerprint density at radius 3 is 2.46 bits per heavy atom. The molecule has 0 unspecified atom stereocenters. The number of para-hydroxylation sites is 1. The van der Waals surface area contributed by atoms with E-state index in [1.807, 2.05) is 24.3 Å². The number of aromatic hydroxyl groups is 1. The molecule has 0 aliphatic rings. The molecule has 4 aromatic rings. The van der Waals surface area contributed by atoms with Crippen molar-refractivity contribution in [3.8, 4) is 5.75 Å². The molecule has 4 rings (SSSR count). The summed E-state index contributed by atoms with van der Waals surface area (Å²) in [6, 6.07) is 12.0. The van der Waals surface area contributed by atoms with Gasteiger partial charge in [-0.25, -0.2) is 0 Å². The summed E-state index contributed by atoms with van der Waals surface area (Å²) in [5.41, 5.74) is 1.66. The number of hydrogen-bond acceptors (Lipinski definition) is 4. The topological polar surface area (TPSA) is 93.2 Å². The van der Waals surface area contributed by atoms with E-state index in [9.17, 15) is 19.8 Å². The van der Waals surface area contributed by atoms with Crippen LogP contribution in [0.4, 0.5) is 0 Å².